The molecule has 2 rings (SSSR count). The molecule has 18 heavy (non-hydrogen) atoms. The summed E-state index contributed by atoms with van der Waals surface area (Å²) in [5.41, 5.74) is 0.563. The maximum Gasteiger partial charge on any atom is 0.262 e. The first-order valence-electron chi connectivity index (χ1n) is 5.65. The van der Waals surface area contributed by atoms with Crippen LogP contribution in [0.25, 0.3) is 10.2 Å². The molecule has 0 radical (unpaired) electrons. The van der Waals surface area contributed by atoms with Gasteiger partial charge in [0.05, 0.1) is 23.7 Å². The van der Waals surface area contributed by atoms with Gasteiger partial charge in [-0.05, 0) is 25.8 Å². The number of hydrogen-bond acceptors (Lipinski definition) is 5. The van der Waals surface area contributed by atoms with Crippen LogP contribution in [-0.2, 0) is 4.79 Å². The van der Waals surface area contributed by atoms with Gasteiger partial charge in [-0.3, -0.25) is 9.36 Å². The number of thiophene rings is 1. The lowest BCUT2D eigenvalue weighted by atomic mass is 10.2. The number of hydrogen-bond donors (Lipinski definition) is 0. The molecule has 96 valence electrons. The van der Waals surface area contributed by atoms with Crippen molar-refractivity contribution in [3.05, 3.63) is 27.1 Å². The summed E-state index contributed by atoms with van der Waals surface area (Å²) in [7, 11) is 0. The molecule has 0 N–H and O–H groups in total. The van der Waals surface area contributed by atoms with E-state index in [0.717, 1.165) is 15.0 Å². The van der Waals surface area contributed by atoms with Crippen molar-refractivity contribution in [2.75, 3.05) is 0 Å². The van der Waals surface area contributed by atoms with Gasteiger partial charge in [-0.1, -0.05) is 6.92 Å². The SMILES string of the molecule is CC[C@H](C(=O)[O-])n1cnc2sc(C)c(C)c2c1=O. The smallest absolute Gasteiger partial charge is 0.262 e. The Morgan fingerprint density at radius 2 is 2.22 bits per heavy atom. The summed E-state index contributed by atoms with van der Waals surface area (Å²) in [4.78, 5) is 29.2. The van der Waals surface area contributed by atoms with Crippen LogP contribution < -0.4 is 10.7 Å². The Morgan fingerprint density at radius 3 is 2.78 bits per heavy atom. The second-order valence-corrected chi connectivity index (χ2v) is 5.37. The van der Waals surface area contributed by atoms with E-state index in [4.69, 9.17) is 0 Å². The van der Waals surface area contributed by atoms with Crippen molar-refractivity contribution in [2.45, 2.75) is 33.2 Å². The summed E-state index contributed by atoms with van der Waals surface area (Å²) in [6, 6.07) is -0.964. The summed E-state index contributed by atoms with van der Waals surface area (Å²) in [5, 5.41) is 11.5. The molecule has 0 aliphatic heterocycles. The van der Waals surface area contributed by atoms with Gasteiger partial charge >= 0.3 is 0 Å². The van der Waals surface area contributed by atoms with Crippen molar-refractivity contribution in [1.29, 1.82) is 0 Å². The van der Waals surface area contributed by atoms with Gasteiger partial charge in [0, 0.05) is 4.88 Å². The minimum atomic E-state index is -1.26. The highest BCUT2D eigenvalue weighted by Gasteiger charge is 2.17. The van der Waals surface area contributed by atoms with Gasteiger partial charge in [-0.2, -0.15) is 0 Å². The molecule has 2 heterocycles. The van der Waals surface area contributed by atoms with Crippen LogP contribution in [0.5, 0.6) is 0 Å². The van der Waals surface area contributed by atoms with E-state index in [9.17, 15) is 14.7 Å². The minimum absolute atomic E-state index is 0.289. The Morgan fingerprint density at radius 1 is 1.56 bits per heavy atom. The van der Waals surface area contributed by atoms with E-state index in [2.05, 4.69) is 4.98 Å². The molecule has 1 atom stereocenters. The maximum absolute atomic E-state index is 12.3. The number of carbonyl (C=O) groups excluding carboxylic acids is 1. The average molecular weight is 265 g/mol. The highest BCUT2D eigenvalue weighted by Crippen LogP contribution is 2.26. The number of aliphatic carboxylic acids is 1. The third-order valence-electron chi connectivity index (χ3n) is 3.11. The van der Waals surface area contributed by atoms with Crippen LogP contribution in [0.2, 0.25) is 0 Å². The predicted molar refractivity (Wildman–Crippen MR) is 67.7 cm³/mol. The van der Waals surface area contributed by atoms with Crippen LogP contribution in [0.4, 0.5) is 0 Å². The van der Waals surface area contributed by atoms with Gasteiger partial charge in [-0.25, -0.2) is 4.98 Å². The molecule has 0 spiro atoms. The summed E-state index contributed by atoms with van der Waals surface area (Å²) in [6.07, 6.45) is 1.58. The Hall–Kier alpha value is -1.69. The summed E-state index contributed by atoms with van der Waals surface area (Å²) in [6.45, 7) is 5.46. The number of carboxylic acids is 1. The normalized spacial score (nSPS) is 12.8. The van der Waals surface area contributed by atoms with Gasteiger partial charge in [-0.15, -0.1) is 11.3 Å². The standard InChI is InChI=1S/C12H14N2O3S/c1-4-8(12(16)17)14-5-13-10-9(11(14)15)6(2)7(3)18-10/h5,8H,4H2,1-3H3,(H,16,17)/p-1/t8-/m1/s1. The maximum atomic E-state index is 12.3. The van der Waals surface area contributed by atoms with Crippen LogP contribution in [0.15, 0.2) is 11.1 Å². The third kappa shape index (κ3) is 1.82. The van der Waals surface area contributed by atoms with E-state index in [-0.39, 0.29) is 12.0 Å². The zero-order valence-corrected chi connectivity index (χ0v) is 11.2. The summed E-state index contributed by atoms with van der Waals surface area (Å²) < 4.78 is 1.15. The van der Waals surface area contributed by atoms with E-state index in [0.29, 0.717) is 10.2 Å². The van der Waals surface area contributed by atoms with Gasteiger partial charge in [0.1, 0.15) is 4.83 Å². The number of nitrogens with zero attached hydrogens (tertiary/aromatic N) is 2. The molecule has 5 nitrogen and oxygen atoms in total. The number of carbonyl (C=O) groups is 1. The van der Waals surface area contributed by atoms with Crippen LogP contribution in [0, 0.1) is 13.8 Å². The zero-order valence-electron chi connectivity index (χ0n) is 10.4. The molecular weight excluding hydrogens is 252 g/mol. The lowest BCUT2D eigenvalue weighted by Crippen LogP contribution is -2.38. The first kappa shape index (κ1) is 12.8. The first-order chi connectivity index (χ1) is 8.47. The van der Waals surface area contributed by atoms with Crippen molar-refractivity contribution in [2.24, 2.45) is 0 Å². The fourth-order valence-corrected chi connectivity index (χ4v) is 2.93. The quantitative estimate of drug-likeness (QED) is 0.821. The van der Waals surface area contributed by atoms with Crippen molar-refractivity contribution >= 4 is 27.5 Å². The predicted octanol–water partition coefficient (Wildman–Crippen LogP) is 0.776. The van der Waals surface area contributed by atoms with Crippen LogP contribution in [0.3, 0.4) is 0 Å². The number of carboxylic acid groups (broad SMARTS) is 1. The van der Waals surface area contributed by atoms with Crippen LogP contribution in [-0.4, -0.2) is 15.5 Å². The van der Waals surface area contributed by atoms with E-state index < -0.39 is 12.0 Å². The van der Waals surface area contributed by atoms with Crippen LogP contribution in [0.1, 0.15) is 29.8 Å². The lowest BCUT2D eigenvalue weighted by molar-refractivity contribution is -0.310. The van der Waals surface area contributed by atoms with Crippen molar-refractivity contribution < 1.29 is 9.90 Å². The van der Waals surface area contributed by atoms with E-state index >= 15 is 0 Å². The topological polar surface area (TPSA) is 75.0 Å². The van der Waals surface area contributed by atoms with E-state index in [1.165, 1.54) is 17.7 Å². The molecule has 0 fully saturated rings. The molecule has 6 heteroatoms. The van der Waals surface area contributed by atoms with Crippen molar-refractivity contribution in [1.82, 2.24) is 9.55 Å². The van der Waals surface area contributed by atoms with Crippen LogP contribution >= 0.6 is 11.3 Å². The Labute approximate surface area is 108 Å². The van der Waals surface area contributed by atoms with Gasteiger partial charge in [0.15, 0.2) is 0 Å². The molecule has 0 aliphatic rings. The Balaban J connectivity index is 2.75. The Kier molecular flexibility index (Phi) is 3.21. The Bertz CT molecular complexity index is 672. The summed E-state index contributed by atoms with van der Waals surface area (Å²) >= 11 is 1.44. The lowest BCUT2D eigenvalue weighted by Gasteiger charge is -2.18. The number of aryl methyl sites for hydroxylation is 2. The van der Waals surface area contributed by atoms with E-state index in [1.807, 2.05) is 13.8 Å². The van der Waals surface area contributed by atoms with E-state index in [1.54, 1.807) is 6.92 Å². The minimum Gasteiger partial charge on any atom is -0.548 e. The second kappa shape index (κ2) is 4.53. The highest BCUT2D eigenvalue weighted by atomic mass is 32.1. The number of fused-ring (bicyclic) bond motifs is 1. The largest absolute Gasteiger partial charge is 0.548 e. The third-order valence-corrected chi connectivity index (χ3v) is 4.22. The van der Waals surface area contributed by atoms with Crippen molar-refractivity contribution in [3.8, 4) is 0 Å². The monoisotopic (exact) mass is 265 g/mol. The van der Waals surface area contributed by atoms with Crippen molar-refractivity contribution in [3.63, 3.8) is 0 Å². The molecule has 0 saturated carbocycles. The highest BCUT2D eigenvalue weighted by molar-refractivity contribution is 7.18. The molecular formula is C12H13N2O3S-. The first-order valence-corrected chi connectivity index (χ1v) is 6.46. The molecule has 0 saturated heterocycles. The average Bonchev–Trinajstić information content (AvgIpc) is 2.59. The molecule has 0 aliphatic carbocycles. The van der Waals surface area contributed by atoms with Gasteiger partial charge in [0.25, 0.3) is 5.56 Å². The molecule has 0 unspecified atom stereocenters. The number of aromatic nitrogens is 2. The fourth-order valence-electron chi connectivity index (χ4n) is 1.95. The fraction of sp³-hybridized carbons (Fsp3) is 0.417. The van der Waals surface area contributed by atoms with Gasteiger partial charge in [0.2, 0.25) is 0 Å². The molecule has 2 aromatic rings. The second-order valence-electron chi connectivity index (χ2n) is 4.16. The zero-order chi connectivity index (χ0) is 13.4. The number of rotatable bonds is 3. The molecule has 0 bridgehead atoms. The molecule has 0 aromatic carbocycles. The summed E-state index contributed by atoms with van der Waals surface area (Å²) in [5.74, 6) is -1.26. The molecule has 0 amide bonds. The molecule has 2 aromatic heterocycles. The van der Waals surface area contributed by atoms with Gasteiger partial charge < -0.3 is 9.90 Å².